The van der Waals surface area contributed by atoms with Gasteiger partial charge in [-0.15, -0.1) is 15.3 Å². The van der Waals surface area contributed by atoms with Gasteiger partial charge in [-0.25, -0.2) is 0 Å². The molecule has 1 aliphatic rings. The number of hydrogen-bond donors (Lipinski definition) is 0. The van der Waals surface area contributed by atoms with Gasteiger partial charge in [0.05, 0.1) is 6.20 Å². The molecule has 4 heterocycles. The van der Waals surface area contributed by atoms with E-state index in [0.717, 1.165) is 29.7 Å². The highest BCUT2D eigenvalue weighted by molar-refractivity contribution is 5.47. The lowest BCUT2D eigenvalue weighted by Gasteiger charge is -2.39. The van der Waals surface area contributed by atoms with Crippen LogP contribution in [0.1, 0.15) is 11.4 Å². The van der Waals surface area contributed by atoms with Crippen LogP contribution in [0.25, 0.3) is 5.65 Å². The van der Waals surface area contributed by atoms with Gasteiger partial charge in [-0.2, -0.15) is 22.8 Å². The first-order valence-corrected chi connectivity index (χ1v) is 7.44. The molecule has 3 aromatic rings. The lowest BCUT2D eigenvalue weighted by molar-refractivity contribution is -0.146. The van der Waals surface area contributed by atoms with Crippen LogP contribution in [0.15, 0.2) is 24.5 Å². The summed E-state index contributed by atoms with van der Waals surface area (Å²) in [6.07, 6.45) is -0.809. The van der Waals surface area contributed by atoms with E-state index in [1.165, 1.54) is 6.07 Å². The van der Waals surface area contributed by atoms with E-state index in [1.54, 1.807) is 12.3 Å². The van der Waals surface area contributed by atoms with Crippen LogP contribution in [0.2, 0.25) is 0 Å². The average molecular weight is 337 g/mol. The van der Waals surface area contributed by atoms with Gasteiger partial charge in [-0.05, 0) is 24.6 Å². The molecule has 0 N–H and O–H groups in total. The third kappa shape index (κ3) is 2.57. The standard InChI is InChI=1S/C14H14F3N7/c1-9-4-18-23(5-9)8-10-6-22(7-10)12-3-2-11-19-20-13(14(15,16)17)24(11)21-12/h2-5,10H,6-8H2,1H3. The Bertz CT molecular complexity index is 876. The second kappa shape index (κ2) is 5.18. The molecule has 1 fully saturated rings. The van der Waals surface area contributed by atoms with Gasteiger partial charge < -0.3 is 4.90 Å². The zero-order chi connectivity index (χ0) is 16.9. The fourth-order valence-electron chi connectivity index (χ4n) is 2.83. The highest BCUT2D eigenvalue weighted by Crippen LogP contribution is 2.29. The molecule has 0 saturated carbocycles. The minimum absolute atomic E-state index is 0.0789. The third-order valence-corrected chi connectivity index (χ3v) is 3.99. The predicted octanol–water partition coefficient (Wildman–Crippen LogP) is 1.78. The first-order valence-electron chi connectivity index (χ1n) is 7.44. The number of hydrogen-bond acceptors (Lipinski definition) is 5. The van der Waals surface area contributed by atoms with Crippen molar-refractivity contribution in [2.45, 2.75) is 19.6 Å². The maximum atomic E-state index is 12.9. The van der Waals surface area contributed by atoms with E-state index in [2.05, 4.69) is 20.4 Å². The Hall–Kier alpha value is -2.65. The van der Waals surface area contributed by atoms with E-state index < -0.39 is 12.0 Å². The molecular weight excluding hydrogens is 323 g/mol. The summed E-state index contributed by atoms with van der Waals surface area (Å²) in [6, 6.07) is 3.16. The van der Waals surface area contributed by atoms with Crippen molar-refractivity contribution in [1.29, 1.82) is 0 Å². The summed E-state index contributed by atoms with van der Waals surface area (Å²) in [6.45, 7) is 4.21. The first kappa shape index (κ1) is 14.9. The lowest BCUT2D eigenvalue weighted by atomic mass is 10.0. The molecule has 3 aromatic heterocycles. The molecule has 126 valence electrons. The molecule has 0 atom stereocenters. The molecule has 0 bridgehead atoms. The van der Waals surface area contributed by atoms with Gasteiger partial charge in [-0.1, -0.05) is 0 Å². The number of nitrogens with zero attached hydrogens (tertiary/aromatic N) is 7. The molecule has 7 nitrogen and oxygen atoms in total. The first-order chi connectivity index (χ1) is 11.4. The second-order valence-electron chi connectivity index (χ2n) is 5.99. The number of anilines is 1. The maximum absolute atomic E-state index is 12.9. The van der Waals surface area contributed by atoms with Gasteiger partial charge in [0.25, 0.3) is 5.82 Å². The fourth-order valence-corrected chi connectivity index (χ4v) is 2.83. The van der Waals surface area contributed by atoms with Gasteiger partial charge in [0, 0.05) is 31.7 Å². The number of rotatable bonds is 3. The number of aryl methyl sites for hydroxylation is 1. The zero-order valence-corrected chi connectivity index (χ0v) is 12.8. The molecule has 10 heteroatoms. The SMILES string of the molecule is Cc1cnn(CC2CN(c3ccc4nnc(C(F)(F)F)n4n3)C2)c1. The van der Waals surface area contributed by atoms with Crippen LogP contribution >= 0.6 is 0 Å². The molecule has 0 aromatic carbocycles. The molecule has 1 aliphatic heterocycles. The average Bonchev–Trinajstić information content (AvgIpc) is 3.07. The molecule has 0 radical (unpaired) electrons. The van der Waals surface area contributed by atoms with E-state index in [0.29, 0.717) is 11.7 Å². The molecular formula is C14H14F3N7. The van der Waals surface area contributed by atoms with Crippen LogP contribution in [0.3, 0.4) is 0 Å². The Morgan fingerprint density at radius 1 is 1.21 bits per heavy atom. The van der Waals surface area contributed by atoms with Crippen LogP contribution in [0.4, 0.5) is 19.0 Å². The van der Waals surface area contributed by atoms with Crippen molar-refractivity contribution in [3.05, 3.63) is 35.9 Å². The number of fused-ring (bicyclic) bond motifs is 1. The lowest BCUT2D eigenvalue weighted by Crippen LogP contribution is -2.49. The predicted molar refractivity (Wildman–Crippen MR) is 78.5 cm³/mol. The number of alkyl halides is 3. The van der Waals surface area contributed by atoms with Gasteiger partial charge >= 0.3 is 6.18 Å². The van der Waals surface area contributed by atoms with E-state index in [4.69, 9.17) is 0 Å². The molecule has 0 spiro atoms. The Kier molecular flexibility index (Phi) is 3.22. The topological polar surface area (TPSA) is 64.1 Å². The molecule has 0 unspecified atom stereocenters. The van der Waals surface area contributed by atoms with Crippen molar-refractivity contribution in [3.8, 4) is 0 Å². The van der Waals surface area contributed by atoms with Crippen molar-refractivity contribution in [2.75, 3.05) is 18.0 Å². The second-order valence-corrected chi connectivity index (χ2v) is 5.99. The monoisotopic (exact) mass is 337 g/mol. The summed E-state index contributed by atoms with van der Waals surface area (Å²) in [5, 5.41) is 15.0. The Morgan fingerprint density at radius 3 is 2.67 bits per heavy atom. The highest BCUT2D eigenvalue weighted by atomic mass is 19.4. The van der Waals surface area contributed by atoms with Crippen molar-refractivity contribution >= 4 is 11.5 Å². The Balaban J connectivity index is 1.49. The highest BCUT2D eigenvalue weighted by Gasteiger charge is 2.38. The molecule has 0 aliphatic carbocycles. The van der Waals surface area contributed by atoms with Gasteiger partial charge in [0.2, 0.25) is 0 Å². The minimum atomic E-state index is -4.58. The summed E-state index contributed by atoms with van der Waals surface area (Å²) in [7, 11) is 0. The van der Waals surface area contributed by atoms with Crippen molar-refractivity contribution in [3.63, 3.8) is 0 Å². The van der Waals surface area contributed by atoms with Crippen LogP contribution in [0, 0.1) is 12.8 Å². The van der Waals surface area contributed by atoms with Crippen LogP contribution < -0.4 is 4.90 Å². The summed E-state index contributed by atoms with van der Waals surface area (Å²) >= 11 is 0. The molecule has 4 rings (SSSR count). The van der Waals surface area contributed by atoms with E-state index in [9.17, 15) is 13.2 Å². The van der Waals surface area contributed by atoms with E-state index >= 15 is 0 Å². The fraction of sp³-hybridized carbons (Fsp3) is 0.429. The summed E-state index contributed by atoms with van der Waals surface area (Å²) in [5.74, 6) is -0.228. The minimum Gasteiger partial charge on any atom is -0.354 e. The van der Waals surface area contributed by atoms with Crippen LogP contribution in [-0.4, -0.2) is 42.7 Å². The Morgan fingerprint density at radius 2 is 2.00 bits per heavy atom. The van der Waals surface area contributed by atoms with Crippen molar-refractivity contribution in [2.24, 2.45) is 5.92 Å². The molecule has 24 heavy (non-hydrogen) atoms. The van der Waals surface area contributed by atoms with Crippen molar-refractivity contribution < 1.29 is 13.2 Å². The summed E-state index contributed by atoms with van der Waals surface area (Å²) in [4.78, 5) is 1.93. The van der Waals surface area contributed by atoms with Crippen LogP contribution in [0.5, 0.6) is 0 Å². The van der Waals surface area contributed by atoms with E-state index in [-0.39, 0.29) is 5.65 Å². The van der Waals surface area contributed by atoms with Crippen LogP contribution in [-0.2, 0) is 12.7 Å². The van der Waals surface area contributed by atoms with Gasteiger partial charge in [-0.3, -0.25) is 4.68 Å². The smallest absolute Gasteiger partial charge is 0.354 e. The zero-order valence-electron chi connectivity index (χ0n) is 12.8. The number of halogens is 3. The third-order valence-electron chi connectivity index (χ3n) is 3.99. The summed E-state index contributed by atoms with van der Waals surface area (Å²) < 4.78 is 41.3. The van der Waals surface area contributed by atoms with Gasteiger partial charge in [0.1, 0.15) is 5.82 Å². The molecule has 1 saturated heterocycles. The largest absolute Gasteiger partial charge is 0.453 e. The Labute approximate surface area is 134 Å². The van der Waals surface area contributed by atoms with E-state index in [1.807, 2.05) is 22.7 Å². The van der Waals surface area contributed by atoms with Gasteiger partial charge in [0.15, 0.2) is 5.65 Å². The normalized spacial score (nSPS) is 15.9. The number of aromatic nitrogens is 6. The quantitative estimate of drug-likeness (QED) is 0.729. The van der Waals surface area contributed by atoms with Crippen molar-refractivity contribution in [1.82, 2.24) is 29.6 Å². The molecule has 0 amide bonds. The summed E-state index contributed by atoms with van der Waals surface area (Å²) in [5.41, 5.74) is 1.18. The maximum Gasteiger partial charge on any atom is 0.453 e.